The average molecular weight is 378 g/mol. The van der Waals surface area contributed by atoms with E-state index < -0.39 is 4.92 Å². The van der Waals surface area contributed by atoms with Gasteiger partial charge in [0, 0.05) is 35.4 Å². The molecule has 7 heteroatoms. The van der Waals surface area contributed by atoms with Gasteiger partial charge in [-0.25, -0.2) is 4.79 Å². The van der Waals surface area contributed by atoms with E-state index in [1.54, 1.807) is 24.9 Å². The summed E-state index contributed by atoms with van der Waals surface area (Å²) in [6, 6.07) is 11.9. The molecule has 0 saturated heterocycles. The van der Waals surface area contributed by atoms with Crippen LogP contribution in [0.4, 0.5) is 16.2 Å². The molecule has 2 amide bonds. The number of nitrogens with zero attached hydrogens (tertiary/aromatic N) is 2. The number of nitro benzene ring substituents is 1. The molecule has 0 aliphatic rings. The van der Waals surface area contributed by atoms with Crippen LogP contribution >= 0.6 is 15.9 Å². The van der Waals surface area contributed by atoms with E-state index in [1.165, 1.54) is 12.1 Å². The largest absolute Gasteiger partial charge is 0.323 e. The highest BCUT2D eigenvalue weighted by Gasteiger charge is 2.13. The van der Waals surface area contributed by atoms with Gasteiger partial charge in [-0.05, 0) is 36.8 Å². The van der Waals surface area contributed by atoms with Gasteiger partial charge in [-0.1, -0.05) is 28.1 Å². The standard InChI is InChI=1S/C16H16BrN3O3/c1-11-9-14(7-8-15(11)20(22)23)18-16(21)19(2)10-12-3-5-13(17)6-4-12/h3-9H,10H2,1-2H3,(H,18,21). The predicted octanol–water partition coefficient (Wildman–Crippen LogP) is 4.33. The number of hydrogen-bond donors (Lipinski definition) is 1. The molecule has 0 saturated carbocycles. The lowest BCUT2D eigenvalue weighted by molar-refractivity contribution is -0.385. The first kappa shape index (κ1) is 17.0. The van der Waals surface area contributed by atoms with Crippen molar-refractivity contribution in [3.05, 3.63) is 68.2 Å². The molecule has 0 radical (unpaired) electrons. The van der Waals surface area contributed by atoms with Crippen LogP contribution in [0.2, 0.25) is 0 Å². The molecule has 2 rings (SSSR count). The summed E-state index contributed by atoms with van der Waals surface area (Å²) in [5.74, 6) is 0. The summed E-state index contributed by atoms with van der Waals surface area (Å²) in [6.07, 6.45) is 0. The minimum Gasteiger partial charge on any atom is -0.323 e. The number of urea groups is 1. The molecule has 0 aliphatic carbocycles. The highest BCUT2D eigenvalue weighted by atomic mass is 79.9. The van der Waals surface area contributed by atoms with E-state index in [-0.39, 0.29) is 11.7 Å². The minimum absolute atomic E-state index is 0.0335. The van der Waals surface area contributed by atoms with E-state index >= 15 is 0 Å². The van der Waals surface area contributed by atoms with E-state index in [2.05, 4.69) is 21.2 Å². The second-order valence-electron chi connectivity index (χ2n) is 5.17. The Balaban J connectivity index is 2.02. The number of aryl methyl sites for hydroxylation is 1. The number of carbonyl (C=O) groups excluding carboxylic acids is 1. The minimum atomic E-state index is -0.444. The lowest BCUT2D eigenvalue weighted by Gasteiger charge is -2.18. The molecule has 0 fully saturated rings. The molecule has 0 spiro atoms. The summed E-state index contributed by atoms with van der Waals surface area (Å²) < 4.78 is 0.981. The average Bonchev–Trinajstić information content (AvgIpc) is 2.49. The van der Waals surface area contributed by atoms with Gasteiger partial charge in [0.25, 0.3) is 5.69 Å². The number of halogens is 1. The normalized spacial score (nSPS) is 10.2. The van der Waals surface area contributed by atoms with Crippen molar-refractivity contribution in [2.75, 3.05) is 12.4 Å². The van der Waals surface area contributed by atoms with Crippen LogP contribution in [0.3, 0.4) is 0 Å². The molecule has 0 atom stereocenters. The van der Waals surface area contributed by atoms with E-state index in [0.29, 0.717) is 17.8 Å². The van der Waals surface area contributed by atoms with Crippen molar-refractivity contribution in [1.29, 1.82) is 0 Å². The first-order valence-corrected chi connectivity index (χ1v) is 7.67. The monoisotopic (exact) mass is 377 g/mol. The van der Waals surface area contributed by atoms with Crippen LogP contribution in [0.1, 0.15) is 11.1 Å². The quantitative estimate of drug-likeness (QED) is 0.636. The Hall–Kier alpha value is -2.41. The Morgan fingerprint density at radius 3 is 2.48 bits per heavy atom. The molecule has 0 heterocycles. The third-order valence-electron chi connectivity index (χ3n) is 3.32. The first-order valence-electron chi connectivity index (χ1n) is 6.88. The van der Waals surface area contributed by atoms with Crippen LogP contribution in [0.15, 0.2) is 46.9 Å². The number of nitrogens with one attached hydrogen (secondary N) is 1. The van der Waals surface area contributed by atoms with Crippen molar-refractivity contribution < 1.29 is 9.72 Å². The fourth-order valence-electron chi connectivity index (χ4n) is 2.09. The first-order chi connectivity index (χ1) is 10.9. The predicted molar refractivity (Wildman–Crippen MR) is 92.5 cm³/mol. The maximum atomic E-state index is 12.2. The summed E-state index contributed by atoms with van der Waals surface area (Å²) in [5.41, 5.74) is 2.07. The van der Waals surface area contributed by atoms with Gasteiger partial charge >= 0.3 is 6.03 Å². The van der Waals surface area contributed by atoms with Crippen LogP contribution in [0, 0.1) is 17.0 Å². The second kappa shape index (κ2) is 7.23. The maximum absolute atomic E-state index is 12.2. The van der Waals surface area contributed by atoms with Gasteiger partial charge < -0.3 is 10.2 Å². The van der Waals surface area contributed by atoms with Crippen molar-refractivity contribution in [1.82, 2.24) is 4.90 Å². The SMILES string of the molecule is Cc1cc(NC(=O)N(C)Cc2ccc(Br)cc2)ccc1[N+](=O)[O-]. The molecule has 2 aromatic carbocycles. The van der Waals surface area contributed by atoms with Crippen molar-refractivity contribution in [3.8, 4) is 0 Å². The van der Waals surface area contributed by atoms with Gasteiger partial charge in [-0.2, -0.15) is 0 Å². The van der Waals surface area contributed by atoms with Gasteiger partial charge in [-0.3, -0.25) is 10.1 Å². The van der Waals surface area contributed by atoms with Crippen molar-refractivity contribution in [2.24, 2.45) is 0 Å². The van der Waals surface area contributed by atoms with Crippen molar-refractivity contribution in [3.63, 3.8) is 0 Å². The highest BCUT2D eigenvalue weighted by molar-refractivity contribution is 9.10. The summed E-state index contributed by atoms with van der Waals surface area (Å²) in [5, 5.41) is 13.5. The summed E-state index contributed by atoms with van der Waals surface area (Å²) in [7, 11) is 1.69. The Morgan fingerprint density at radius 2 is 1.91 bits per heavy atom. The lowest BCUT2D eigenvalue weighted by Crippen LogP contribution is -2.30. The Bertz CT molecular complexity index is 732. The molecule has 0 aromatic heterocycles. The molecule has 1 N–H and O–H groups in total. The fourth-order valence-corrected chi connectivity index (χ4v) is 2.36. The third-order valence-corrected chi connectivity index (χ3v) is 3.85. The smallest absolute Gasteiger partial charge is 0.321 e. The zero-order valence-electron chi connectivity index (χ0n) is 12.7. The van der Waals surface area contributed by atoms with Crippen LogP contribution in [0.25, 0.3) is 0 Å². The molecule has 2 aromatic rings. The molecular formula is C16H16BrN3O3. The lowest BCUT2D eigenvalue weighted by atomic mass is 10.2. The second-order valence-corrected chi connectivity index (χ2v) is 6.09. The molecule has 0 aliphatic heterocycles. The van der Waals surface area contributed by atoms with Gasteiger partial charge in [0.05, 0.1) is 4.92 Å². The van der Waals surface area contributed by atoms with Crippen LogP contribution < -0.4 is 5.32 Å². The fraction of sp³-hybridized carbons (Fsp3) is 0.188. The maximum Gasteiger partial charge on any atom is 0.321 e. The molecule has 23 heavy (non-hydrogen) atoms. The number of carbonyl (C=O) groups is 1. The van der Waals surface area contributed by atoms with Crippen LogP contribution in [0.5, 0.6) is 0 Å². The van der Waals surface area contributed by atoms with Gasteiger partial charge in [-0.15, -0.1) is 0 Å². The number of amides is 2. The number of anilines is 1. The van der Waals surface area contributed by atoms with Gasteiger partial charge in [0.15, 0.2) is 0 Å². The number of nitro groups is 1. The topological polar surface area (TPSA) is 75.5 Å². The summed E-state index contributed by atoms with van der Waals surface area (Å²) in [6.45, 7) is 2.10. The Kier molecular flexibility index (Phi) is 5.33. The molecule has 0 unspecified atom stereocenters. The van der Waals surface area contributed by atoms with Gasteiger partial charge in [0.2, 0.25) is 0 Å². The summed E-state index contributed by atoms with van der Waals surface area (Å²) in [4.78, 5) is 24.1. The third kappa shape index (κ3) is 4.53. The number of hydrogen-bond acceptors (Lipinski definition) is 3. The van der Waals surface area contributed by atoms with E-state index in [1.807, 2.05) is 24.3 Å². The molecule has 6 nitrogen and oxygen atoms in total. The summed E-state index contributed by atoms with van der Waals surface area (Å²) >= 11 is 3.37. The molecular weight excluding hydrogens is 362 g/mol. The zero-order valence-corrected chi connectivity index (χ0v) is 14.3. The van der Waals surface area contributed by atoms with Crippen molar-refractivity contribution >= 4 is 33.3 Å². The zero-order chi connectivity index (χ0) is 17.0. The van der Waals surface area contributed by atoms with Gasteiger partial charge in [0.1, 0.15) is 0 Å². The van der Waals surface area contributed by atoms with E-state index in [9.17, 15) is 14.9 Å². The van der Waals surface area contributed by atoms with Crippen molar-refractivity contribution in [2.45, 2.75) is 13.5 Å². The Labute approximate surface area is 142 Å². The van der Waals surface area contributed by atoms with E-state index in [0.717, 1.165) is 10.0 Å². The van der Waals surface area contributed by atoms with Crippen LogP contribution in [-0.2, 0) is 6.54 Å². The highest BCUT2D eigenvalue weighted by Crippen LogP contribution is 2.22. The number of rotatable bonds is 4. The molecule has 120 valence electrons. The number of benzene rings is 2. The van der Waals surface area contributed by atoms with Crippen LogP contribution in [-0.4, -0.2) is 22.9 Å². The Morgan fingerprint density at radius 1 is 1.26 bits per heavy atom. The van der Waals surface area contributed by atoms with E-state index in [4.69, 9.17) is 0 Å². The molecule has 0 bridgehead atoms.